The van der Waals surface area contributed by atoms with E-state index in [1.807, 2.05) is 6.07 Å². The number of benzene rings is 4. The molecule has 0 spiro atoms. The molecule has 17 heteroatoms. The lowest BCUT2D eigenvalue weighted by Crippen LogP contribution is -2.49. The molecule has 0 saturated carbocycles. The first-order chi connectivity index (χ1) is 33.2. The Balaban J connectivity index is 1.07. The van der Waals surface area contributed by atoms with E-state index in [0.29, 0.717) is 89.0 Å². The van der Waals surface area contributed by atoms with E-state index < -0.39 is 65.3 Å². The molecule has 4 atom stereocenters. The number of rotatable bonds is 12. The van der Waals surface area contributed by atoms with Crippen molar-refractivity contribution in [3.63, 3.8) is 0 Å². The van der Waals surface area contributed by atoms with E-state index >= 15 is 0 Å². The molecular weight excluding hydrogens is 893 g/mol. The number of anilines is 2. The fourth-order valence-electron chi connectivity index (χ4n) is 8.76. The summed E-state index contributed by atoms with van der Waals surface area (Å²) < 4.78 is 10.9. The summed E-state index contributed by atoms with van der Waals surface area (Å²) in [6.45, 7) is 11.0. The first kappa shape index (κ1) is 50.2. The van der Waals surface area contributed by atoms with Gasteiger partial charge in [-0.2, -0.15) is 0 Å². The van der Waals surface area contributed by atoms with Gasteiger partial charge in [0.15, 0.2) is 0 Å². The number of aromatic nitrogens is 1. The van der Waals surface area contributed by atoms with Crippen LogP contribution in [0.3, 0.4) is 0 Å². The normalized spacial score (nSPS) is 16.7. The Labute approximate surface area is 407 Å². The Morgan fingerprint density at radius 3 is 1.50 bits per heavy atom. The number of amides is 7. The maximum absolute atomic E-state index is 14.2. The monoisotopic (exact) mass is 954 g/mol. The Morgan fingerprint density at radius 1 is 0.614 bits per heavy atom. The SMILES string of the molecule is CN(C)C(=O)c1c(-c2ccc(NC(=O)[C@@H]3CCCN3C(=O)[C@H](NC(=O)OC(C)(C)C)c3ccccc3)cc2)[nH]c2ccc(NC(=O)[C@@H]3CCCN3C(=O)[C@H](NC(=O)OC(C)(C)C)c3ccccc3)cc12. The lowest BCUT2D eigenvalue weighted by molar-refractivity contribution is -0.138. The smallest absolute Gasteiger partial charge is 0.408 e. The Bertz CT molecular complexity index is 2740. The number of aromatic amines is 1. The van der Waals surface area contributed by atoms with Crippen LogP contribution in [0.4, 0.5) is 21.0 Å². The molecule has 70 heavy (non-hydrogen) atoms. The van der Waals surface area contributed by atoms with Crippen molar-refractivity contribution in [2.24, 2.45) is 0 Å². The summed E-state index contributed by atoms with van der Waals surface area (Å²) in [6, 6.07) is 26.0. The minimum atomic E-state index is -1.09. The topological polar surface area (TPSA) is 212 Å². The number of nitrogens with one attached hydrogen (secondary N) is 5. The molecule has 2 saturated heterocycles. The van der Waals surface area contributed by atoms with Crippen LogP contribution in [0, 0.1) is 0 Å². The van der Waals surface area contributed by atoms with Gasteiger partial charge in [-0.25, -0.2) is 9.59 Å². The van der Waals surface area contributed by atoms with Gasteiger partial charge in [0.2, 0.25) is 11.8 Å². The molecule has 7 amide bonds. The van der Waals surface area contributed by atoms with Crippen LogP contribution in [0.2, 0.25) is 0 Å². The number of alkyl carbamates (subject to hydrolysis) is 2. The molecule has 2 fully saturated rings. The van der Waals surface area contributed by atoms with Crippen LogP contribution in [0.15, 0.2) is 103 Å². The minimum absolute atomic E-state index is 0.292. The molecule has 0 unspecified atom stereocenters. The predicted octanol–water partition coefficient (Wildman–Crippen LogP) is 7.93. The molecule has 5 N–H and O–H groups in total. The molecule has 7 rings (SSSR count). The first-order valence-corrected chi connectivity index (χ1v) is 23.5. The Kier molecular flexibility index (Phi) is 15.0. The van der Waals surface area contributed by atoms with Gasteiger partial charge in [-0.1, -0.05) is 72.8 Å². The van der Waals surface area contributed by atoms with Crippen LogP contribution in [-0.2, 0) is 28.7 Å². The highest BCUT2D eigenvalue weighted by molar-refractivity contribution is 6.13. The van der Waals surface area contributed by atoms with Crippen LogP contribution in [-0.4, -0.2) is 112 Å². The van der Waals surface area contributed by atoms with E-state index in [1.165, 1.54) is 14.7 Å². The van der Waals surface area contributed by atoms with Crippen LogP contribution in [0.1, 0.15) is 101 Å². The Hall–Kier alpha value is -7.69. The largest absolute Gasteiger partial charge is 0.444 e. The molecule has 3 heterocycles. The second-order valence-corrected chi connectivity index (χ2v) is 19.7. The van der Waals surface area contributed by atoms with E-state index in [-0.39, 0.29) is 11.8 Å². The highest BCUT2D eigenvalue weighted by Crippen LogP contribution is 2.35. The van der Waals surface area contributed by atoms with Gasteiger partial charge in [0.1, 0.15) is 35.4 Å². The van der Waals surface area contributed by atoms with Crippen molar-refractivity contribution in [3.05, 3.63) is 120 Å². The average molecular weight is 955 g/mol. The number of nitrogens with zero attached hydrogens (tertiary/aromatic N) is 3. The number of ether oxygens (including phenoxy) is 2. The van der Waals surface area contributed by atoms with Crippen molar-refractivity contribution >= 4 is 64.0 Å². The number of likely N-dealkylation sites (tertiary alicyclic amines) is 2. The van der Waals surface area contributed by atoms with Gasteiger partial charge in [-0.3, -0.25) is 24.0 Å². The van der Waals surface area contributed by atoms with Crippen molar-refractivity contribution in [1.29, 1.82) is 0 Å². The summed E-state index contributed by atoms with van der Waals surface area (Å²) >= 11 is 0. The van der Waals surface area contributed by atoms with Gasteiger partial charge in [-0.05, 0) is 114 Å². The Morgan fingerprint density at radius 2 is 1.06 bits per heavy atom. The molecule has 1 aromatic heterocycles. The number of fused-ring (bicyclic) bond motifs is 1. The van der Waals surface area contributed by atoms with Crippen LogP contribution >= 0.6 is 0 Å². The minimum Gasteiger partial charge on any atom is -0.444 e. The van der Waals surface area contributed by atoms with Gasteiger partial charge < -0.3 is 50.4 Å². The van der Waals surface area contributed by atoms with E-state index in [1.54, 1.807) is 153 Å². The lowest BCUT2D eigenvalue weighted by Gasteiger charge is -2.29. The van der Waals surface area contributed by atoms with Crippen molar-refractivity contribution in [2.45, 2.75) is 103 Å². The van der Waals surface area contributed by atoms with Crippen LogP contribution in [0.5, 0.6) is 0 Å². The third-order valence-corrected chi connectivity index (χ3v) is 11.9. The summed E-state index contributed by atoms with van der Waals surface area (Å²) in [5, 5.41) is 11.9. The van der Waals surface area contributed by atoms with Gasteiger partial charge in [0.05, 0.1) is 11.3 Å². The maximum Gasteiger partial charge on any atom is 0.408 e. The molecule has 2 aliphatic rings. The number of hydrogen-bond donors (Lipinski definition) is 5. The second-order valence-electron chi connectivity index (χ2n) is 19.7. The van der Waals surface area contributed by atoms with Crippen LogP contribution in [0.25, 0.3) is 22.2 Å². The zero-order chi connectivity index (χ0) is 50.5. The standard InChI is InChI=1S/C53H62N8O9/c1-52(2,3)69-50(67)57-43(32-17-11-9-12-18-32)48(65)60-29-15-21-39(60)45(62)54-35-25-23-34(24-26-35)42-41(47(64)59(7)8)37-31-36(27-28-38(37)56-42)55-46(63)40-22-16-30-61(40)49(66)44(33-19-13-10-14-20-33)58-51(68)70-53(4,5)6/h9-14,17-20,23-28,31,39-40,43-44,56H,15-16,21-22,29-30H2,1-8H3,(H,54,62)(H,55,63)(H,57,67)(H,58,68)/t39-,40-,43+,44+/m0/s1. The first-order valence-electron chi connectivity index (χ1n) is 23.5. The van der Waals surface area contributed by atoms with Crippen molar-refractivity contribution < 1.29 is 43.0 Å². The van der Waals surface area contributed by atoms with Gasteiger partial charge in [0, 0.05) is 49.5 Å². The molecule has 0 radical (unpaired) electrons. The summed E-state index contributed by atoms with van der Waals surface area (Å²) in [6.07, 6.45) is 0.488. The third kappa shape index (κ3) is 11.9. The molecule has 0 aliphatic carbocycles. The van der Waals surface area contributed by atoms with E-state index in [2.05, 4.69) is 26.3 Å². The number of H-pyrrole nitrogens is 1. The van der Waals surface area contributed by atoms with E-state index in [9.17, 15) is 33.6 Å². The highest BCUT2D eigenvalue weighted by atomic mass is 16.6. The zero-order valence-electron chi connectivity index (χ0n) is 40.9. The fourth-order valence-corrected chi connectivity index (χ4v) is 8.76. The molecule has 4 aromatic carbocycles. The van der Waals surface area contributed by atoms with Gasteiger partial charge in [0.25, 0.3) is 17.7 Å². The van der Waals surface area contributed by atoms with Crippen molar-refractivity contribution in [3.8, 4) is 11.3 Å². The van der Waals surface area contributed by atoms with Gasteiger partial charge >= 0.3 is 12.2 Å². The maximum atomic E-state index is 14.2. The van der Waals surface area contributed by atoms with Crippen LogP contribution < -0.4 is 21.3 Å². The van der Waals surface area contributed by atoms with Crippen molar-refractivity contribution in [2.75, 3.05) is 37.8 Å². The molecule has 5 aromatic rings. The number of carbonyl (C=O) groups excluding carboxylic acids is 7. The fraction of sp³-hybridized carbons (Fsp3) is 0.377. The summed E-state index contributed by atoms with van der Waals surface area (Å²) in [5.41, 5.74) is 2.56. The predicted molar refractivity (Wildman–Crippen MR) is 266 cm³/mol. The quantitative estimate of drug-likeness (QED) is 0.0821. The third-order valence-electron chi connectivity index (χ3n) is 11.9. The van der Waals surface area contributed by atoms with Crippen molar-refractivity contribution in [1.82, 2.24) is 30.3 Å². The average Bonchev–Trinajstić information content (AvgIpc) is 4.09. The molecule has 17 nitrogen and oxygen atoms in total. The molecule has 2 aliphatic heterocycles. The summed E-state index contributed by atoms with van der Waals surface area (Å²) in [7, 11) is 3.29. The van der Waals surface area contributed by atoms with Gasteiger partial charge in [-0.15, -0.1) is 0 Å². The number of carbonyl (C=O) groups is 7. The zero-order valence-corrected chi connectivity index (χ0v) is 40.9. The molecule has 0 bridgehead atoms. The summed E-state index contributed by atoms with van der Waals surface area (Å²) in [4.78, 5) is 104. The van der Waals surface area contributed by atoms with E-state index in [0.717, 1.165) is 0 Å². The van der Waals surface area contributed by atoms with E-state index in [4.69, 9.17) is 9.47 Å². The molecular formula is C53H62N8O9. The second kappa shape index (κ2) is 20.9. The highest BCUT2D eigenvalue weighted by Gasteiger charge is 2.41. The lowest BCUT2D eigenvalue weighted by atomic mass is 10.0. The number of hydrogen-bond acceptors (Lipinski definition) is 9. The molecule has 368 valence electrons. The summed E-state index contributed by atoms with van der Waals surface area (Å²) in [5.74, 6) is -1.96.